The van der Waals surface area contributed by atoms with Gasteiger partial charge in [-0.1, -0.05) is 20.8 Å². The molecular formula is C16H26N4O2S. The summed E-state index contributed by atoms with van der Waals surface area (Å²) in [6.45, 7) is 12.8. The molecule has 6 nitrogen and oxygen atoms in total. The number of aromatic nitrogens is 2. The number of aryl methyl sites for hydroxylation is 1. The van der Waals surface area contributed by atoms with Crippen molar-refractivity contribution in [3.05, 3.63) is 10.0 Å². The average Bonchev–Trinajstić information content (AvgIpc) is 2.81. The van der Waals surface area contributed by atoms with E-state index in [0.29, 0.717) is 13.1 Å². The molecule has 1 saturated heterocycles. The predicted octanol–water partition coefficient (Wildman–Crippen LogP) is 1.88. The normalized spacial score (nSPS) is 22.3. The van der Waals surface area contributed by atoms with Gasteiger partial charge in [0.2, 0.25) is 11.8 Å². The third-order valence-corrected chi connectivity index (χ3v) is 4.84. The van der Waals surface area contributed by atoms with Crippen LogP contribution in [-0.4, -0.2) is 57.0 Å². The van der Waals surface area contributed by atoms with Gasteiger partial charge >= 0.3 is 0 Å². The second kappa shape index (κ2) is 6.55. The van der Waals surface area contributed by atoms with E-state index in [9.17, 15) is 9.59 Å². The fourth-order valence-electron chi connectivity index (χ4n) is 3.08. The van der Waals surface area contributed by atoms with E-state index < -0.39 is 5.41 Å². The van der Waals surface area contributed by atoms with E-state index in [2.05, 4.69) is 10.2 Å². The van der Waals surface area contributed by atoms with Gasteiger partial charge in [0.15, 0.2) is 0 Å². The molecule has 1 aromatic heterocycles. The number of hydrogen-bond donors (Lipinski definition) is 0. The molecule has 0 saturated carbocycles. The number of hydrogen-bond acceptors (Lipinski definition) is 5. The molecule has 0 bridgehead atoms. The number of nitrogens with zero attached hydrogens (tertiary/aromatic N) is 4. The monoisotopic (exact) mass is 338 g/mol. The quantitative estimate of drug-likeness (QED) is 0.826. The summed E-state index contributed by atoms with van der Waals surface area (Å²) >= 11 is 1.46. The summed E-state index contributed by atoms with van der Waals surface area (Å²) in [6, 6.07) is 0.0122. The van der Waals surface area contributed by atoms with Crippen LogP contribution in [0.2, 0.25) is 0 Å². The molecule has 0 spiro atoms. The largest absolute Gasteiger partial charge is 0.338 e. The highest BCUT2D eigenvalue weighted by atomic mass is 32.1. The van der Waals surface area contributed by atoms with Crippen LogP contribution in [0.4, 0.5) is 0 Å². The maximum absolute atomic E-state index is 12.6. The van der Waals surface area contributed by atoms with Gasteiger partial charge in [-0.2, -0.15) is 0 Å². The second-order valence-corrected chi connectivity index (χ2v) is 8.62. The van der Waals surface area contributed by atoms with Crippen LogP contribution in [0, 0.1) is 12.3 Å². The van der Waals surface area contributed by atoms with E-state index in [1.807, 2.05) is 51.3 Å². The van der Waals surface area contributed by atoms with Crippen molar-refractivity contribution in [1.29, 1.82) is 0 Å². The molecule has 2 rings (SSSR count). The maximum Gasteiger partial charge on any atom is 0.230 e. The summed E-state index contributed by atoms with van der Waals surface area (Å²) in [4.78, 5) is 28.9. The zero-order chi connectivity index (χ0) is 17.4. The molecule has 1 aliphatic heterocycles. The molecule has 1 fully saturated rings. The first kappa shape index (κ1) is 17.8. The molecule has 0 N–H and O–H groups in total. The lowest BCUT2D eigenvalue weighted by Crippen LogP contribution is -2.61. The Bertz CT molecular complexity index is 581. The second-order valence-electron chi connectivity index (χ2n) is 7.35. The van der Waals surface area contributed by atoms with E-state index in [1.54, 1.807) is 0 Å². The van der Waals surface area contributed by atoms with Crippen LogP contribution in [0.5, 0.6) is 0 Å². The van der Waals surface area contributed by atoms with Crippen molar-refractivity contribution in [3.8, 4) is 0 Å². The standard InChI is InChI=1S/C16H26N4O2S/c1-10-8-19(15(22)16(4,5)6)9-11(2)20(10)14(21)7-13-18-17-12(3)23-13/h10-11H,7-9H2,1-6H3/t10-,11-/m1/s1. The van der Waals surface area contributed by atoms with Crippen molar-refractivity contribution in [3.63, 3.8) is 0 Å². The number of amides is 2. The highest BCUT2D eigenvalue weighted by Crippen LogP contribution is 2.24. The molecule has 1 aromatic rings. The van der Waals surface area contributed by atoms with Crippen molar-refractivity contribution in [2.75, 3.05) is 13.1 Å². The Labute approximate surface area is 141 Å². The summed E-state index contributed by atoms with van der Waals surface area (Å²) in [6.07, 6.45) is 0.285. The number of piperazine rings is 1. The van der Waals surface area contributed by atoms with Crippen LogP contribution in [-0.2, 0) is 16.0 Å². The van der Waals surface area contributed by atoms with Gasteiger partial charge in [0.1, 0.15) is 10.0 Å². The third-order valence-electron chi connectivity index (χ3n) is 4.01. The maximum atomic E-state index is 12.6. The van der Waals surface area contributed by atoms with Crippen molar-refractivity contribution in [1.82, 2.24) is 20.0 Å². The fraction of sp³-hybridized carbons (Fsp3) is 0.750. The molecule has 2 atom stereocenters. The van der Waals surface area contributed by atoms with Crippen LogP contribution in [0.1, 0.15) is 44.6 Å². The SMILES string of the molecule is Cc1nnc(CC(=O)N2[C@H](C)CN(C(=O)C(C)(C)C)C[C@H]2C)s1. The summed E-state index contributed by atoms with van der Waals surface area (Å²) in [5.41, 5.74) is -0.393. The molecule has 2 amide bonds. The van der Waals surface area contributed by atoms with Crippen molar-refractivity contribution in [2.24, 2.45) is 5.41 Å². The predicted molar refractivity (Wildman–Crippen MR) is 90.2 cm³/mol. The topological polar surface area (TPSA) is 66.4 Å². The molecule has 0 unspecified atom stereocenters. The fourth-order valence-corrected chi connectivity index (χ4v) is 3.78. The Morgan fingerprint density at radius 1 is 1.17 bits per heavy atom. The first-order valence-electron chi connectivity index (χ1n) is 7.99. The van der Waals surface area contributed by atoms with E-state index in [0.717, 1.165) is 10.0 Å². The van der Waals surface area contributed by atoms with Crippen molar-refractivity contribution in [2.45, 2.75) is 60.0 Å². The summed E-state index contributed by atoms with van der Waals surface area (Å²) in [5, 5.41) is 9.61. The van der Waals surface area contributed by atoms with E-state index >= 15 is 0 Å². The van der Waals surface area contributed by atoms with Gasteiger partial charge in [0.05, 0.1) is 6.42 Å². The van der Waals surface area contributed by atoms with Gasteiger partial charge in [-0.05, 0) is 20.8 Å². The van der Waals surface area contributed by atoms with E-state index in [-0.39, 0.29) is 30.3 Å². The lowest BCUT2D eigenvalue weighted by Gasteiger charge is -2.46. The zero-order valence-corrected chi connectivity index (χ0v) is 15.6. The van der Waals surface area contributed by atoms with Gasteiger partial charge < -0.3 is 9.80 Å². The number of carbonyl (C=O) groups excluding carboxylic acids is 2. The van der Waals surface area contributed by atoms with E-state index in [1.165, 1.54) is 11.3 Å². The third kappa shape index (κ3) is 4.07. The summed E-state index contributed by atoms with van der Waals surface area (Å²) < 4.78 is 0. The molecule has 23 heavy (non-hydrogen) atoms. The Kier molecular flexibility index (Phi) is 5.08. The molecule has 0 aromatic carbocycles. The minimum absolute atomic E-state index is 0.00608. The lowest BCUT2D eigenvalue weighted by molar-refractivity contribution is -0.150. The Balaban J connectivity index is 2.05. The average molecular weight is 338 g/mol. The van der Waals surface area contributed by atoms with Crippen LogP contribution < -0.4 is 0 Å². The van der Waals surface area contributed by atoms with Gasteiger partial charge in [-0.25, -0.2) is 0 Å². The first-order chi connectivity index (χ1) is 10.6. The van der Waals surface area contributed by atoms with Crippen molar-refractivity contribution < 1.29 is 9.59 Å². The Morgan fingerprint density at radius 3 is 2.17 bits per heavy atom. The van der Waals surface area contributed by atoms with Gasteiger partial charge in [-0.3, -0.25) is 9.59 Å². The highest BCUT2D eigenvalue weighted by molar-refractivity contribution is 7.11. The highest BCUT2D eigenvalue weighted by Gasteiger charge is 2.37. The van der Waals surface area contributed by atoms with Crippen LogP contribution in [0.15, 0.2) is 0 Å². The van der Waals surface area contributed by atoms with Gasteiger partial charge in [0.25, 0.3) is 0 Å². The minimum atomic E-state index is -0.393. The van der Waals surface area contributed by atoms with E-state index in [4.69, 9.17) is 0 Å². The molecule has 7 heteroatoms. The van der Waals surface area contributed by atoms with Crippen LogP contribution >= 0.6 is 11.3 Å². The van der Waals surface area contributed by atoms with Gasteiger partial charge in [-0.15, -0.1) is 21.5 Å². The summed E-state index contributed by atoms with van der Waals surface area (Å²) in [7, 11) is 0. The molecule has 0 aliphatic carbocycles. The first-order valence-corrected chi connectivity index (χ1v) is 8.80. The lowest BCUT2D eigenvalue weighted by atomic mass is 9.93. The summed E-state index contributed by atoms with van der Waals surface area (Å²) in [5.74, 6) is 0.201. The molecule has 2 heterocycles. The van der Waals surface area contributed by atoms with Crippen molar-refractivity contribution >= 4 is 23.2 Å². The Hall–Kier alpha value is -1.50. The molecule has 128 valence electrons. The zero-order valence-electron chi connectivity index (χ0n) is 14.8. The molecule has 1 aliphatic rings. The van der Waals surface area contributed by atoms with Crippen LogP contribution in [0.25, 0.3) is 0 Å². The van der Waals surface area contributed by atoms with Gasteiger partial charge in [0, 0.05) is 30.6 Å². The Morgan fingerprint density at radius 2 is 1.74 bits per heavy atom. The molecule has 0 radical (unpaired) electrons. The van der Waals surface area contributed by atoms with Crippen LogP contribution in [0.3, 0.4) is 0 Å². The number of rotatable bonds is 2. The number of carbonyl (C=O) groups is 2. The molecular weight excluding hydrogens is 312 g/mol. The minimum Gasteiger partial charge on any atom is -0.338 e. The smallest absolute Gasteiger partial charge is 0.230 e.